The third kappa shape index (κ3) is 2.45. The third-order valence-corrected chi connectivity index (χ3v) is 3.10. The van der Waals surface area contributed by atoms with E-state index in [1.165, 1.54) is 5.56 Å². The number of urea groups is 1. The molecule has 18 heavy (non-hydrogen) atoms. The van der Waals surface area contributed by atoms with E-state index >= 15 is 0 Å². The van der Waals surface area contributed by atoms with Crippen LogP contribution in [-0.2, 0) is 17.8 Å². The van der Waals surface area contributed by atoms with Crippen molar-refractivity contribution in [1.82, 2.24) is 10.6 Å². The van der Waals surface area contributed by atoms with Crippen molar-refractivity contribution in [2.45, 2.75) is 19.9 Å². The molecule has 5 nitrogen and oxygen atoms in total. The van der Waals surface area contributed by atoms with Crippen LogP contribution in [0.15, 0.2) is 18.2 Å². The lowest BCUT2D eigenvalue weighted by molar-refractivity contribution is -0.116. The molecule has 1 aromatic carbocycles. The number of benzene rings is 1. The molecule has 2 rings (SSSR count). The van der Waals surface area contributed by atoms with Crippen LogP contribution in [0, 0.1) is 0 Å². The van der Waals surface area contributed by atoms with Gasteiger partial charge in [-0.1, -0.05) is 12.1 Å². The maximum atomic E-state index is 11.4. The van der Waals surface area contributed by atoms with Gasteiger partial charge in [-0.2, -0.15) is 0 Å². The van der Waals surface area contributed by atoms with Gasteiger partial charge in [0.05, 0.1) is 0 Å². The first-order valence-corrected chi connectivity index (χ1v) is 5.97. The van der Waals surface area contributed by atoms with Crippen LogP contribution in [0.2, 0.25) is 0 Å². The topological polar surface area (TPSA) is 61.4 Å². The molecule has 0 fully saturated rings. The van der Waals surface area contributed by atoms with Crippen molar-refractivity contribution < 1.29 is 9.59 Å². The molecule has 1 aromatic rings. The molecule has 0 bridgehead atoms. The largest absolute Gasteiger partial charge is 0.341 e. The summed E-state index contributed by atoms with van der Waals surface area (Å²) in [4.78, 5) is 24.3. The minimum Gasteiger partial charge on any atom is -0.341 e. The van der Waals surface area contributed by atoms with Gasteiger partial charge in [0.25, 0.3) is 0 Å². The van der Waals surface area contributed by atoms with E-state index in [-0.39, 0.29) is 11.9 Å². The molecule has 0 saturated heterocycles. The molecule has 1 heterocycles. The Morgan fingerprint density at radius 3 is 2.83 bits per heavy atom. The van der Waals surface area contributed by atoms with Crippen molar-refractivity contribution in [3.8, 4) is 0 Å². The Morgan fingerprint density at radius 2 is 2.17 bits per heavy atom. The molecule has 3 amide bonds. The predicted octanol–water partition coefficient (Wildman–Crippen LogP) is 1.02. The van der Waals surface area contributed by atoms with Crippen LogP contribution >= 0.6 is 0 Å². The fourth-order valence-electron chi connectivity index (χ4n) is 2.16. The quantitative estimate of drug-likeness (QED) is 0.819. The highest BCUT2D eigenvalue weighted by molar-refractivity contribution is 5.93. The maximum absolute atomic E-state index is 11.4. The average molecular weight is 247 g/mol. The minimum absolute atomic E-state index is 0.0741. The van der Waals surface area contributed by atoms with Crippen molar-refractivity contribution in [2.24, 2.45) is 0 Å². The van der Waals surface area contributed by atoms with Crippen LogP contribution in [0.5, 0.6) is 0 Å². The van der Waals surface area contributed by atoms with Crippen LogP contribution in [0.3, 0.4) is 0 Å². The van der Waals surface area contributed by atoms with Gasteiger partial charge < -0.3 is 15.5 Å². The van der Waals surface area contributed by atoms with Gasteiger partial charge in [0.15, 0.2) is 0 Å². The zero-order valence-electron chi connectivity index (χ0n) is 10.6. The van der Waals surface area contributed by atoms with Crippen LogP contribution < -0.4 is 15.5 Å². The number of carbonyl (C=O) groups is 2. The molecule has 96 valence electrons. The van der Waals surface area contributed by atoms with E-state index in [0.29, 0.717) is 6.54 Å². The number of amides is 3. The van der Waals surface area contributed by atoms with Gasteiger partial charge in [-0.15, -0.1) is 0 Å². The van der Waals surface area contributed by atoms with Crippen LogP contribution in [0.4, 0.5) is 10.5 Å². The van der Waals surface area contributed by atoms with Gasteiger partial charge in [-0.3, -0.25) is 4.79 Å². The van der Waals surface area contributed by atoms with Crippen LogP contribution in [0.1, 0.15) is 18.1 Å². The number of fused-ring (bicyclic) bond motifs is 1. The fourth-order valence-corrected chi connectivity index (χ4v) is 2.16. The summed E-state index contributed by atoms with van der Waals surface area (Å²) >= 11 is 0. The summed E-state index contributed by atoms with van der Waals surface area (Å²) < 4.78 is 0. The Kier molecular flexibility index (Phi) is 3.50. The van der Waals surface area contributed by atoms with Gasteiger partial charge >= 0.3 is 6.03 Å². The summed E-state index contributed by atoms with van der Waals surface area (Å²) in [6.07, 6.45) is 0.878. The lowest BCUT2D eigenvalue weighted by atomic mass is 10.1. The minimum atomic E-state index is -0.194. The van der Waals surface area contributed by atoms with Gasteiger partial charge in [0.2, 0.25) is 5.91 Å². The number of anilines is 1. The number of carbonyl (C=O) groups excluding carboxylic acids is 2. The zero-order chi connectivity index (χ0) is 13.1. The summed E-state index contributed by atoms with van der Waals surface area (Å²) in [6.45, 7) is 2.82. The molecule has 1 aliphatic heterocycles. The highest BCUT2D eigenvalue weighted by Crippen LogP contribution is 2.28. The zero-order valence-corrected chi connectivity index (χ0v) is 10.6. The van der Waals surface area contributed by atoms with E-state index in [2.05, 4.69) is 10.6 Å². The Balaban J connectivity index is 2.10. The lowest BCUT2D eigenvalue weighted by Gasteiger charge is -2.15. The lowest BCUT2D eigenvalue weighted by Crippen LogP contribution is -2.32. The summed E-state index contributed by atoms with van der Waals surface area (Å²) in [5.41, 5.74) is 3.20. The highest BCUT2D eigenvalue weighted by Gasteiger charge is 2.21. The summed E-state index contributed by atoms with van der Waals surface area (Å²) in [7, 11) is 1.59. The van der Waals surface area contributed by atoms with E-state index in [4.69, 9.17) is 0 Å². The molecular formula is C13H17N3O2. The van der Waals surface area contributed by atoms with Gasteiger partial charge in [-0.25, -0.2) is 4.79 Å². The van der Waals surface area contributed by atoms with Gasteiger partial charge in [-0.05, 0) is 23.6 Å². The number of hydrogen-bond acceptors (Lipinski definition) is 2. The van der Waals surface area contributed by atoms with E-state index in [0.717, 1.165) is 24.2 Å². The molecule has 0 saturated carbocycles. The van der Waals surface area contributed by atoms with Crippen molar-refractivity contribution in [3.63, 3.8) is 0 Å². The Labute approximate surface area is 106 Å². The summed E-state index contributed by atoms with van der Waals surface area (Å²) in [5, 5.41) is 5.25. The molecule has 2 N–H and O–H groups in total. The van der Waals surface area contributed by atoms with Crippen molar-refractivity contribution in [2.75, 3.05) is 18.5 Å². The molecule has 0 aromatic heterocycles. The Morgan fingerprint density at radius 1 is 1.39 bits per heavy atom. The van der Waals surface area contributed by atoms with Crippen molar-refractivity contribution in [3.05, 3.63) is 29.3 Å². The monoisotopic (exact) mass is 247 g/mol. The maximum Gasteiger partial charge on any atom is 0.314 e. The van der Waals surface area contributed by atoms with E-state index in [1.54, 1.807) is 18.9 Å². The molecule has 0 radical (unpaired) electrons. The molecule has 0 spiro atoms. The average Bonchev–Trinajstić information content (AvgIpc) is 2.78. The normalized spacial score (nSPS) is 13.1. The molecule has 0 aliphatic carbocycles. The number of nitrogens with zero attached hydrogens (tertiary/aromatic N) is 1. The first-order chi connectivity index (χ1) is 8.61. The standard InChI is InChI=1S/C13H17N3O2/c1-9(17)16-6-5-11-7-10(3-4-12(11)16)8-15-13(18)14-2/h3-4,7H,5-6,8H2,1-2H3,(H2,14,15,18). The van der Waals surface area contributed by atoms with Crippen molar-refractivity contribution >= 4 is 17.6 Å². The smallest absolute Gasteiger partial charge is 0.314 e. The summed E-state index contributed by atoms with van der Waals surface area (Å²) in [5.74, 6) is 0.0741. The highest BCUT2D eigenvalue weighted by atomic mass is 16.2. The fraction of sp³-hybridized carbons (Fsp3) is 0.385. The number of rotatable bonds is 2. The molecule has 0 unspecified atom stereocenters. The second kappa shape index (κ2) is 5.08. The van der Waals surface area contributed by atoms with Crippen molar-refractivity contribution in [1.29, 1.82) is 0 Å². The molecular weight excluding hydrogens is 230 g/mol. The first kappa shape index (κ1) is 12.4. The number of nitrogens with one attached hydrogen (secondary N) is 2. The molecule has 1 aliphatic rings. The predicted molar refractivity (Wildman–Crippen MR) is 69.5 cm³/mol. The second-order valence-electron chi connectivity index (χ2n) is 4.32. The Bertz CT molecular complexity index is 485. The van der Waals surface area contributed by atoms with E-state index < -0.39 is 0 Å². The molecule has 5 heteroatoms. The number of hydrogen-bond donors (Lipinski definition) is 2. The van der Waals surface area contributed by atoms with Gasteiger partial charge in [0, 0.05) is 32.7 Å². The molecule has 0 atom stereocenters. The third-order valence-electron chi connectivity index (χ3n) is 3.10. The summed E-state index contributed by atoms with van der Waals surface area (Å²) in [6, 6.07) is 5.75. The van der Waals surface area contributed by atoms with E-state index in [1.807, 2.05) is 18.2 Å². The SMILES string of the molecule is CNC(=O)NCc1ccc2c(c1)CCN2C(C)=O. The Hall–Kier alpha value is -2.04. The van der Waals surface area contributed by atoms with Crippen LogP contribution in [-0.4, -0.2) is 25.5 Å². The second-order valence-corrected chi connectivity index (χ2v) is 4.32. The van der Waals surface area contributed by atoms with Crippen LogP contribution in [0.25, 0.3) is 0 Å². The first-order valence-electron chi connectivity index (χ1n) is 5.97. The van der Waals surface area contributed by atoms with Gasteiger partial charge in [0.1, 0.15) is 0 Å². The van der Waals surface area contributed by atoms with E-state index in [9.17, 15) is 9.59 Å².